The van der Waals surface area contributed by atoms with Crippen LogP contribution in [0, 0.1) is 5.92 Å². The van der Waals surface area contributed by atoms with Gasteiger partial charge in [-0.15, -0.1) is 10.2 Å². The molecule has 1 aromatic rings. The van der Waals surface area contributed by atoms with E-state index in [-0.39, 0.29) is 17.7 Å². The number of rotatable bonds is 4. The molecule has 1 aromatic heterocycles. The number of carbonyl (C=O) groups excluding carboxylic acids is 2. The van der Waals surface area contributed by atoms with E-state index in [0.29, 0.717) is 5.13 Å². The van der Waals surface area contributed by atoms with Crippen LogP contribution >= 0.6 is 11.3 Å². The molecule has 1 heterocycles. The van der Waals surface area contributed by atoms with Gasteiger partial charge in [0.25, 0.3) is 0 Å². The first-order chi connectivity index (χ1) is 7.50. The van der Waals surface area contributed by atoms with Crippen molar-refractivity contribution >= 4 is 28.3 Å². The summed E-state index contributed by atoms with van der Waals surface area (Å²) in [7, 11) is 0. The highest BCUT2D eigenvalue weighted by Gasteiger charge is 2.23. The smallest absolute Gasteiger partial charge is 0.249 e. The Kier molecular flexibility index (Phi) is 4.36. The van der Waals surface area contributed by atoms with Crippen molar-refractivity contribution in [2.24, 2.45) is 5.92 Å². The van der Waals surface area contributed by atoms with Gasteiger partial charge in [-0.1, -0.05) is 25.2 Å². The van der Waals surface area contributed by atoms with Crippen LogP contribution in [-0.4, -0.2) is 28.1 Å². The molecule has 0 bridgehead atoms. The Morgan fingerprint density at radius 3 is 2.56 bits per heavy atom. The van der Waals surface area contributed by atoms with Crippen LogP contribution in [-0.2, 0) is 9.59 Å². The quantitative estimate of drug-likeness (QED) is 0.811. The fourth-order valence-corrected chi connectivity index (χ4v) is 1.61. The summed E-state index contributed by atoms with van der Waals surface area (Å²) in [5.41, 5.74) is 1.53. The average Bonchev–Trinajstić information content (AvgIpc) is 2.65. The largest absolute Gasteiger partial charge is 0.344 e. The first-order valence-electron chi connectivity index (χ1n) is 4.85. The standard InChI is InChI=1S/C9H14N4O2S/c1-5(2)7(11-6(3)14)8(15)12-9-13-10-4-16-9/h4-5,7H,1-3H3,(H,11,14)(H,12,13,15). The minimum atomic E-state index is -0.554. The molecule has 88 valence electrons. The summed E-state index contributed by atoms with van der Waals surface area (Å²) in [5.74, 6) is -0.495. The molecule has 0 fully saturated rings. The third-order valence-electron chi connectivity index (χ3n) is 1.90. The first-order valence-corrected chi connectivity index (χ1v) is 5.72. The van der Waals surface area contributed by atoms with Gasteiger partial charge in [-0.3, -0.25) is 14.9 Å². The minimum absolute atomic E-state index is 0.0109. The van der Waals surface area contributed by atoms with Crippen molar-refractivity contribution in [3.63, 3.8) is 0 Å². The van der Waals surface area contributed by atoms with E-state index in [1.54, 1.807) is 0 Å². The van der Waals surface area contributed by atoms with E-state index in [1.807, 2.05) is 13.8 Å². The molecule has 0 spiro atoms. The van der Waals surface area contributed by atoms with E-state index in [9.17, 15) is 9.59 Å². The number of nitrogens with zero attached hydrogens (tertiary/aromatic N) is 2. The van der Waals surface area contributed by atoms with Crippen LogP contribution < -0.4 is 10.6 Å². The normalized spacial score (nSPS) is 12.2. The zero-order valence-corrected chi connectivity index (χ0v) is 10.2. The van der Waals surface area contributed by atoms with Crippen molar-refractivity contribution < 1.29 is 9.59 Å². The Morgan fingerprint density at radius 1 is 1.44 bits per heavy atom. The van der Waals surface area contributed by atoms with Gasteiger partial charge in [0.05, 0.1) is 0 Å². The second kappa shape index (κ2) is 5.55. The number of hydrogen-bond donors (Lipinski definition) is 2. The molecule has 2 amide bonds. The molecule has 1 atom stereocenters. The summed E-state index contributed by atoms with van der Waals surface area (Å²) in [4.78, 5) is 22.7. The molecular formula is C9H14N4O2S. The highest BCUT2D eigenvalue weighted by Crippen LogP contribution is 2.10. The van der Waals surface area contributed by atoms with E-state index in [1.165, 1.54) is 23.8 Å². The molecule has 16 heavy (non-hydrogen) atoms. The molecule has 0 aliphatic heterocycles. The van der Waals surface area contributed by atoms with Crippen molar-refractivity contribution in [1.29, 1.82) is 0 Å². The molecule has 0 aliphatic carbocycles. The number of aromatic nitrogens is 2. The maximum absolute atomic E-state index is 11.8. The number of carbonyl (C=O) groups is 2. The Balaban J connectivity index is 2.64. The van der Waals surface area contributed by atoms with Crippen LogP contribution in [0.4, 0.5) is 5.13 Å². The van der Waals surface area contributed by atoms with Crippen molar-refractivity contribution in [3.05, 3.63) is 5.51 Å². The van der Waals surface area contributed by atoms with Gasteiger partial charge in [-0.05, 0) is 5.92 Å². The van der Waals surface area contributed by atoms with E-state index >= 15 is 0 Å². The average molecular weight is 242 g/mol. The van der Waals surface area contributed by atoms with Crippen LogP contribution in [0.5, 0.6) is 0 Å². The predicted molar refractivity (Wildman–Crippen MR) is 61.0 cm³/mol. The van der Waals surface area contributed by atoms with Gasteiger partial charge in [-0.25, -0.2) is 0 Å². The third-order valence-corrected chi connectivity index (χ3v) is 2.50. The predicted octanol–water partition coefficient (Wildman–Crippen LogP) is 0.637. The topological polar surface area (TPSA) is 84.0 Å². The second-order valence-electron chi connectivity index (χ2n) is 3.66. The molecule has 0 radical (unpaired) electrons. The van der Waals surface area contributed by atoms with Gasteiger partial charge in [0.15, 0.2) is 0 Å². The van der Waals surface area contributed by atoms with Crippen LogP contribution in [0.25, 0.3) is 0 Å². The molecule has 0 aromatic carbocycles. The van der Waals surface area contributed by atoms with Crippen molar-refractivity contribution in [2.75, 3.05) is 5.32 Å². The maximum atomic E-state index is 11.8. The molecule has 1 unspecified atom stereocenters. The summed E-state index contributed by atoms with van der Waals surface area (Å²) >= 11 is 1.23. The van der Waals surface area contributed by atoms with Gasteiger partial charge in [0.2, 0.25) is 16.9 Å². The van der Waals surface area contributed by atoms with E-state index in [0.717, 1.165) is 0 Å². The summed E-state index contributed by atoms with van der Waals surface area (Å²) < 4.78 is 0. The van der Waals surface area contributed by atoms with Crippen molar-refractivity contribution in [3.8, 4) is 0 Å². The second-order valence-corrected chi connectivity index (χ2v) is 4.49. The summed E-state index contributed by atoms with van der Waals surface area (Å²) in [6.45, 7) is 5.11. The van der Waals surface area contributed by atoms with Crippen LogP contribution in [0.2, 0.25) is 0 Å². The van der Waals surface area contributed by atoms with Crippen molar-refractivity contribution in [2.45, 2.75) is 26.8 Å². The van der Waals surface area contributed by atoms with Crippen LogP contribution in [0.3, 0.4) is 0 Å². The third kappa shape index (κ3) is 3.58. The van der Waals surface area contributed by atoms with Gasteiger partial charge in [0, 0.05) is 6.92 Å². The van der Waals surface area contributed by atoms with E-state index in [2.05, 4.69) is 20.8 Å². The van der Waals surface area contributed by atoms with E-state index in [4.69, 9.17) is 0 Å². The number of anilines is 1. The van der Waals surface area contributed by atoms with Gasteiger partial charge < -0.3 is 5.32 Å². The lowest BCUT2D eigenvalue weighted by Gasteiger charge is -2.19. The Labute approximate surface area is 97.5 Å². The van der Waals surface area contributed by atoms with Gasteiger partial charge in [-0.2, -0.15) is 0 Å². The molecule has 2 N–H and O–H groups in total. The minimum Gasteiger partial charge on any atom is -0.344 e. The lowest BCUT2D eigenvalue weighted by atomic mass is 10.0. The Morgan fingerprint density at radius 2 is 2.12 bits per heavy atom. The monoisotopic (exact) mass is 242 g/mol. The Bertz CT molecular complexity index is 364. The highest BCUT2D eigenvalue weighted by atomic mass is 32.1. The molecule has 1 rings (SSSR count). The zero-order valence-electron chi connectivity index (χ0n) is 9.35. The first kappa shape index (κ1) is 12.6. The number of amides is 2. The Hall–Kier alpha value is -1.50. The van der Waals surface area contributed by atoms with Gasteiger partial charge in [0.1, 0.15) is 11.6 Å². The number of hydrogen-bond acceptors (Lipinski definition) is 5. The maximum Gasteiger partial charge on any atom is 0.249 e. The number of nitrogens with one attached hydrogen (secondary N) is 2. The van der Waals surface area contributed by atoms with E-state index < -0.39 is 6.04 Å². The van der Waals surface area contributed by atoms with Gasteiger partial charge >= 0.3 is 0 Å². The zero-order chi connectivity index (χ0) is 12.1. The fourth-order valence-electron chi connectivity index (χ4n) is 1.16. The van der Waals surface area contributed by atoms with Crippen molar-refractivity contribution in [1.82, 2.24) is 15.5 Å². The molecule has 0 saturated heterocycles. The fraction of sp³-hybridized carbons (Fsp3) is 0.556. The summed E-state index contributed by atoms with van der Waals surface area (Å²) in [5, 5.41) is 12.9. The lowest BCUT2D eigenvalue weighted by Crippen LogP contribution is -2.46. The molecule has 0 saturated carbocycles. The highest BCUT2D eigenvalue weighted by molar-refractivity contribution is 7.13. The molecule has 6 nitrogen and oxygen atoms in total. The molecule has 0 aliphatic rings. The lowest BCUT2D eigenvalue weighted by molar-refractivity contribution is -0.126. The SMILES string of the molecule is CC(=O)NC(C(=O)Nc1nncs1)C(C)C. The van der Waals surface area contributed by atoms with Crippen LogP contribution in [0.15, 0.2) is 5.51 Å². The van der Waals surface area contributed by atoms with Crippen LogP contribution in [0.1, 0.15) is 20.8 Å². The summed E-state index contributed by atoms with van der Waals surface area (Å²) in [6.07, 6.45) is 0. The molecule has 7 heteroatoms. The summed E-state index contributed by atoms with van der Waals surface area (Å²) in [6, 6.07) is -0.554. The molecular weight excluding hydrogens is 228 g/mol.